The molecule has 0 radical (unpaired) electrons. The molecule has 7 heteroatoms. The molecule has 3 N–H and O–H groups in total. The van der Waals surface area contributed by atoms with Crippen molar-refractivity contribution in [3.63, 3.8) is 0 Å². The molecule has 20 heavy (non-hydrogen) atoms. The SMILES string of the molecule is CCCNc1ncnc(NCC(C)(O)CCOC)c1Br. The second kappa shape index (κ2) is 8.39. The van der Waals surface area contributed by atoms with Gasteiger partial charge < -0.3 is 20.5 Å². The van der Waals surface area contributed by atoms with Gasteiger partial charge in [0.15, 0.2) is 0 Å². The predicted molar refractivity (Wildman–Crippen MR) is 84.1 cm³/mol. The molecule has 0 saturated heterocycles. The quantitative estimate of drug-likeness (QED) is 0.636. The average molecular weight is 347 g/mol. The van der Waals surface area contributed by atoms with Crippen molar-refractivity contribution >= 4 is 27.6 Å². The number of rotatable bonds is 9. The smallest absolute Gasteiger partial charge is 0.146 e. The molecule has 0 aliphatic carbocycles. The zero-order chi connectivity index (χ0) is 15.0. The molecule has 1 aromatic heterocycles. The van der Waals surface area contributed by atoms with Crippen LogP contribution in [0.4, 0.5) is 11.6 Å². The first kappa shape index (κ1) is 17.1. The van der Waals surface area contributed by atoms with Crippen molar-refractivity contribution < 1.29 is 9.84 Å². The van der Waals surface area contributed by atoms with E-state index in [1.54, 1.807) is 14.0 Å². The summed E-state index contributed by atoms with van der Waals surface area (Å²) in [6.07, 6.45) is 3.07. The van der Waals surface area contributed by atoms with E-state index in [0.717, 1.165) is 23.3 Å². The fourth-order valence-corrected chi connectivity index (χ4v) is 2.03. The molecule has 0 saturated carbocycles. The summed E-state index contributed by atoms with van der Waals surface area (Å²) in [6, 6.07) is 0. The Morgan fingerprint density at radius 3 is 2.60 bits per heavy atom. The highest BCUT2D eigenvalue weighted by Gasteiger charge is 2.20. The molecule has 1 rings (SSSR count). The predicted octanol–water partition coefficient (Wildman–Crippen LogP) is 2.26. The summed E-state index contributed by atoms with van der Waals surface area (Å²) in [4.78, 5) is 8.36. The van der Waals surface area contributed by atoms with Crippen LogP contribution in [0.5, 0.6) is 0 Å². The molecule has 0 bridgehead atoms. The molecular weight excluding hydrogens is 324 g/mol. The Bertz CT molecular complexity index is 415. The highest BCUT2D eigenvalue weighted by atomic mass is 79.9. The van der Waals surface area contributed by atoms with Crippen molar-refractivity contribution in [1.82, 2.24) is 9.97 Å². The van der Waals surface area contributed by atoms with Gasteiger partial charge in [-0.1, -0.05) is 6.92 Å². The summed E-state index contributed by atoms with van der Waals surface area (Å²) in [5.41, 5.74) is -0.850. The molecule has 0 aliphatic heterocycles. The molecule has 0 spiro atoms. The standard InChI is InChI=1S/C13H23BrN4O2/c1-4-6-15-11-10(14)12(18-9-17-11)16-8-13(2,19)5-7-20-3/h9,19H,4-8H2,1-3H3,(H2,15,16,17,18). The summed E-state index contributed by atoms with van der Waals surface area (Å²) >= 11 is 3.48. The number of hydrogen-bond donors (Lipinski definition) is 3. The second-order valence-corrected chi connectivity index (χ2v) is 5.70. The van der Waals surface area contributed by atoms with Gasteiger partial charge in [0.05, 0.1) is 5.60 Å². The van der Waals surface area contributed by atoms with Gasteiger partial charge in [-0.2, -0.15) is 0 Å². The number of anilines is 2. The minimum Gasteiger partial charge on any atom is -0.388 e. The van der Waals surface area contributed by atoms with Crippen molar-refractivity contribution in [2.75, 3.05) is 37.4 Å². The molecule has 6 nitrogen and oxygen atoms in total. The summed E-state index contributed by atoms with van der Waals surface area (Å²) < 4.78 is 5.76. The van der Waals surface area contributed by atoms with E-state index in [2.05, 4.69) is 43.5 Å². The fourth-order valence-electron chi connectivity index (χ4n) is 1.54. The zero-order valence-corrected chi connectivity index (χ0v) is 13.8. The third-order valence-electron chi connectivity index (χ3n) is 2.81. The number of nitrogens with zero attached hydrogens (tertiary/aromatic N) is 2. The maximum atomic E-state index is 10.2. The Morgan fingerprint density at radius 1 is 1.35 bits per heavy atom. The molecule has 0 fully saturated rings. The lowest BCUT2D eigenvalue weighted by Crippen LogP contribution is -2.35. The largest absolute Gasteiger partial charge is 0.388 e. The van der Waals surface area contributed by atoms with Crippen molar-refractivity contribution in [3.05, 3.63) is 10.8 Å². The first-order chi connectivity index (χ1) is 9.50. The Hall–Kier alpha value is -0.920. The van der Waals surface area contributed by atoms with Crippen molar-refractivity contribution in [2.24, 2.45) is 0 Å². The molecule has 114 valence electrons. The summed E-state index contributed by atoms with van der Waals surface area (Å²) in [6.45, 7) is 5.61. The average Bonchev–Trinajstić information content (AvgIpc) is 2.43. The first-order valence-electron chi connectivity index (χ1n) is 6.69. The van der Waals surface area contributed by atoms with Crippen LogP contribution in [0, 0.1) is 0 Å². The van der Waals surface area contributed by atoms with E-state index in [0.29, 0.717) is 25.4 Å². The fraction of sp³-hybridized carbons (Fsp3) is 0.692. The minimum atomic E-state index is -0.850. The van der Waals surface area contributed by atoms with E-state index in [-0.39, 0.29) is 0 Å². The van der Waals surface area contributed by atoms with Gasteiger partial charge in [-0.3, -0.25) is 0 Å². The zero-order valence-electron chi connectivity index (χ0n) is 12.2. The number of aromatic nitrogens is 2. The molecule has 1 aromatic rings. The van der Waals surface area contributed by atoms with Crippen LogP contribution in [-0.4, -0.2) is 47.5 Å². The maximum absolute atomic E-state index is 10.2. The monoisotopic (exact) mass is 346 g/mol. The lowest BCUT2D eigenvalue weighted by atomic mass is 10.0. The van der Waals surface area contributed by atoms with Crippen LogP contribution in [0.15, 0.2) is 10.8 Å². The van der Waals surface area contributed by atoms with Gasteiger partial charge in [0.25, 0.3) is 0 Å². The lowest BCUT2D eigenvalue weighted by Gasteiger charge is -2.24. The van der Waals surface area contributed by atoms with E-state index in [9.17, 15) is 5.11 Å². The number of halogens is 1. The van der Waals surface area contributed by atoms with E-state index < -0.39 is 5.60 Å². The number of aliphatic hydroxyl groups is 1. The van der Waals surface area contributed by atoms with Gasteiger partial charge in [0.1, 0.15) is 22.4 Å². The molecule has 0 amide bonds. The van der Waals surface area contributed by atoms with Crippen LogP contribution < -0.4 is 10.6 Å². The summed E-state index contributed by atoms with van der Waals surface area (Å²) in [5, 5.41) is 16.5. The number of ether oxygens (including phenoxy) is 1. The van der Waals surface area contributed by atoms with E-state index in [1.165, 1.54) is 6.33 Å². The molecule has 1 heterocycles. The highest BCUT2D eigenvalue weighted by Crippen LogP contribution is 2.27. The Morgan fingerprint density at radius 2 is 2.00 bits per heavy atom. The summed E-state index contributed by atoms with van der Waals surface area (Å²) in [7, 11) is 1.62. The van der Waals surface area contributed by atoms with Crippen LogP contribution in [0.1, 0.15) is 26.7 Å². The number of nitrogens with one attached hydrogen (secondary N) is 2. The highest BCUT2D eigenvalue weighted by molar-refractivity contribution is 9.10. The van der Waals surface area contributed by atoms with Gasteiger partial charge in [-0.15, -0.1) is 0 Å². The van der Waals surface area contributed by atoms with Crippen molar-refractivity contribution in [1.29, 1.82) is 0 Å². The van der Waals surface area contributed by atoms with Crippen LogP contribution in [0.2, 0.25) is 0 Å². The van der Waals surface area contributed by atoms with Crippen LogP contribution in [-0.2, 0) is 4.74 Å². The van der Waals surface area contributed by atoms with E-state index in [4.69, 9.17) is 4.74 Å². The van der Waals surface area contributed by atoms with E-state index in [1.807, 2.05) is 0 Å². The van der Waals surface area contributed by atoms with Gasteiger partial charge in [0.2, 0.25) is 0 Å². The Kier molecular flexibility index (Phi) is 7.18. The van der Waals surface area contributed by atoms with Gasteiger partial charge in [-0.05, 0) is 29.3 Å². The molecule has 1 unspecified atom stereocenters. The van der Waals surface area contributed by atoms with Crippen molar-refractivity contribution in [2.45, 2.75) is 32.3 Å². The third kappa shape index (κ3) is 5.60. The van der Waals surface area contributed by atoms with Gasteiger partial charge >= 0.3 is 0 Å². The normalized spacial score (nSPS) is 13.8. The second-order valence-electron chi connectivity index (χ2n) is 4.90. The summed E-state index contributed by atoms with van der Waals surface area (Å²) in [5.74, 6) is 1.41. The van der Waals surface area contributed by atoms with E-state index >= 15 is 0 Å². The van der Waals surface area contributed by atoms with Crippen LogP contribution in [0.3, 0.4) is 0 Å². The topological polar surface area (TPSA) is 79.3 Å². The maximum Gasteiger partial charge on any atom is 0.146 e. The third-order valence-corrected chi connectivity index (χ3v) is 3.56. The Labute approximate surface area is 128 Å². The molecule has 0 aliphatic rings. The van der Waals surface area contributed by atoms with Crippen molar-refractivity contribution in [3.8, 4) is 0 Å². The lowest BCUT2D eigenvalue weighted by molar-refractivity contribution is 0.0357. The first-order valence-corrected chi connectivity index (χ1v) is 7.49. The molecule has 0 aromatic carbocycles. The molecule has 1 atom stereocenters. The number of methoxy groups -OCH3 is 1. The van der Waals surface area contributed by atoms with Gasteiger partial charge in [0, 0.05) is 33.2 Å². The van der Waals surface area contributed by atoms with Crippen LogP contribution in [0.25, 0.3) is 0 Å². The van der Waals surface area contributed by atoms with Crippen LogP contribution >= 0.6 is 15.9 Å². The Balaban J connectivity index is 2.63. The van der Waals surface area contributed by atoms with Gasteiger partial charge in [-0.25, -0.2) is 9.97 Å². The molecular formula is C13H23BrN4O2. The number of hydrogen-bond acceptors (Lipinski definition) is 6. The minimum absolute atomic E-state index is 0.388.